The molecule has 2 atom stereocenters. The SMILES string of the molecule is COc1ccc(C(C(=O)OC(F)c2cccc(Oc3ccccc3)c2)C(C)C)cc1. The predicted octanol–water partition coefficient (Wildman–Crippen LogP) is 6.44. The number of hydrogen-bond acceptors (Lipinski definition) is 4. The average molecular weight is 408 g/mol. The van der Waals surface area contributed by atoms with Crippen LogP contribution in [0.5, 0.6) is 17.2 Å². The summed E-state index contributed by atoms with van der Waals surface area (Å²) in [7, 11) is 1.58. The largest absolute Gasteiger partial charge is 0.497 e. The van der Waals surface area contributed by atoms with Crippen molar-refractivity contribution >= 4 is 5.97 Å². The van der Waals surface area contributed by atoms with Gasteiger partial charge in [-0.05, 0) is 47.9 Å². The van der Waals surface area contributed by atoms with E-state index >= 15 is 0 Å². The summed E-state index contributed by atoms with van der Waals surface area (Å²) in [6.45, 7) is 3.80. The van der Waals surface area contributed by atoms with Gasteiger partial charge in [0.25, 0.3) is 6.36 Å². The van der Waals surface area contributed by atoms with Gasteiger partial charge < -0.3 is 14.2 Å². The molecule has 3 aromatic carbocycles. The van der Waals surface area contributed by atoms with E-state index in [0.29, 0.717) is 17.2 Å². The molecule has 0 spiro atoms. The molecule has 0 bridgehead atoms. The van der Waals surface area contributed by atoms with Crippen LogP contribution in [0, 0.1) is 5.92 Å². The predicted molar refractivity (Wildman–Crippen MR) is 113 cm³/mol. The lowest BCUT2D eigenvalue weighted by molar-refractivity contribution is -0.161. The van der Waals surface area contributed by atoms with E-state index in [1.165, 1.54) is 6.07 Å². The standard InChI is InChI=1S/C25H25FO4/c1-17(2)23(18-12-14-20(28-3)15-13-18)25(27)30-24(26)19-8-7-11-22(16-19)29-21-9-5-4-6-10-21/h4-17,23-24H,1-3H3. The lowest BCUT2D eigenvalue weighted by atomic mass is 9.88. The third-order valence-electron chi connectivity index (χ3n) is 4.71. The van der Waals surface area contributed by atoms with Crippen molar-refractivity contribution in [1.82, 2.24) is 0 Å². The highest BCUT2D eigenvalue weighted by Gasteiger charge is 2.28. The number of carbonyl (C=O) groups excluding carboxylic acids is 1. The van der Waals surface area contributed by atoms with E-state index < -0.39 is 18.2 Å². The number of benzene rings is 3. The maximum absolute atomic E-state index is 14.8. The molecule has 0 N–H and O–H groups in total. The van der Waals surface area contributed by atoms with Crippen molar-refractivity contribution in [2.24, 2.45) is 5.92 Å². The van der Waals surface area contributed by atoms with Gasteiger partial charge in [0, 0.05) is 5.56 Å². The molecule has 5 heteroatoms. The molecule has 2 unspecified atom stereocenters. The van der Waals surface area contributed by atoms with Crippen LogP contribution in [0.2, 0.25) is 0 Å². The highest BCUT2D eigenvalue weighted by Crippen LogP contribution is 2.32. The van der Waals surface area contributed by atoms with Crippen LogP contribution >= 0.6 is 0 Å². The zero-order valence-electron chi connectivity index (χ0n) is 17.2. The van der Waals surface area contributed by atoms with Crippen LogP contribution in [-0.4, -0.2) is 13.1 Å². The summed E-state index contributed by atoms with van der Waals surface area (Å²) >= 11 is 0. The van der Waals surface area contributed by atoms with Crippen LogP contribution < -0.4 is 9.47 Å². The van der Waals surface area contributed by atoms with Gasteiger partial charge in [-0.2, -0.15) is 4.39 Å². The van der Waals surface area contributed by atoms with Gasteiger partial charge in [-0.3, -0.25) is 4.79 Å². The van der Waals surface area contributed by atoms with E-state index in [0.717, 1.165) is 5.56 Å². The second kappa shape index (κ2) is 9.92. The van der Waals surface area contributed by atoms with Gasteiger partial charge in [0.1, 0.15) is 17.2 Å². The Morgan fingerprint density at radius 1 is 0.800 bits per heavy atom. The van der Waals surface area contributed by atoms with E-state index in [1.54, 1.807) is 49.6 Å². The van der Waals surface area contributed by atoms with Gasteiger partial charge in [0.05, 0.1) is 13.0 Å². The van der Waals surface area contributed by atoms with E-state index in [9.17, 15) is 9.18 Å². The van der Waals surface area contributed by atoms with Crippen molar-refractivity contribution in [1.29, 1.82) is 0 Å². The Labute approximate surface area is 176 Å². The zero-order chi connectivity index (χ0) is 21.5. The number of carbonyl (C=O) groups is 1. The maximum Gasteiger partial charge on any atom is 0.316 e. The highest BCUT2D eigenvalue weighted by atomic mass is 19.1. The quantitative estimate of drug-likeness (QED) is 0.402. The fourth-order valence-electron chi connectivity index (χ4n) is 3.19. The molecule has 0 amide bonds. The molecule has 0 fully saturated rings. The molecular weight excluding hydrogens is 383 g/mol. The molecule has 30 heavy (non-hydrogen) atoms. The number of alkyl halides is 1. The first-order chi connectivity index (χ1) is 14.5. The summed E-state index contributed by atoms with van der Waals surface area (Å²) < 4.78 is 30.9. The second-order valence-corrected chi connectivity index (χ2v) is 7.24. The van der Waals surface area contributed by atoms with E-state index in [1.807, 2.05) is 44.2 Å². The Bertz CT molecular complexity index is 954. The fraction of sp³-hybridized carbons (Fsp3) is 0.240. The molecule has 0 aromatic heterocycles. The monoisotopic (exact) mass is 408 g/mol. The molecule has 0 heterocycles. The molecule has 0 aliphatic heterocycles. The van der Waals surface area contributed by atoms with Gasteiger partial charge in [-0.25, -0.2) is 0 Å². The normalized spacial score (nSPS) is 12.8. The summed E-state index contributed by atoms with van der Waals surface area (Å²) in [4.78, 5) is 12.8. The molecule has 3 rings (SSSR count). The van der Waals surface area contributed by atoms with Crippen LogP contribution in [0.25, 0.3) is 0 Å². The number of hydrogen-bond donors (Lipinski definition) is 0. The lowest BCUT2D eigenvalue weighted by Gasteiger charge is -2.21. The first kappa shape index (κ1) is 21.4. The fourth-order valence-corrected chi connectivity index (χ4v) is 3.19. The van der Waals surface area contributed by atoms with Gasteiger partial charge in [-0.15, -0.1) is 0 Å². The van der Waals surface area contributed by atoms with Crippen molar-refractivity contribution in [2.75, 3.05) is 7.11 Å². The van der Waals surface area contributed by atoms with Gasteiger partial charge in [0.15, 0.2) is 0 Å². The Balaban J connectivity index is 1.72. The van der Waals surface area contributed by atoms with Crippen molar-refractivity contribution < 1.29 is 23.4 Å². The number of ether oxygens (including phenoxy) is 3. The van der Waals surface area contributed by atoms with Crippen LogP contribution in [0.4, 0.5) is 4.39 Å². The minimum atomic E-state index is -1.89. The smallest absolute Gasteiger partial charge is 0.316 e. The molecule has 0 saturated heterocycles. The summed E-state index contributed by atoms with van der Waals surface area (Å²) in [5.41, 5.74) is 0.971. The average Bonchev–Trinajstić information content (AvgIpc) is 2.75. The van der Waals surface area contributed by atoms with Crippen molar-refractivity contribution in [3.8, 4) is 17.2 Å². The molecule has 0 saturated carbocycles. The third-order valence-corrected chi connectivity index (χ3v) is 4.71. The second-order valence-electron chi connectivity index (χ2n) is 7.24. The minimum absolute atomic E-state index is 0.0640. The van der Waals surface area contributed by atoms with Crippen molar-refractivity contribution in [2.45, 2.75) is 26.1 Å². The summed E-state index contributed by atoms with van der Waals surface area (Å²) in [6.07, 6.45) is -1.89. The van der Waals surface area contributed by atoms with E-state index in [-0.39, 0.29) is 11.5 Å². The maximum atomic E-state index is 14.8. The number of rotatable bonds is 8. The van der Waals surface area contributed by atoms with Crippen LogP contribution in [0.1, 0.15) is 37.3 Å². The lowest BCUT2D eigenvalue weighted by Crippen LogP contribution is -2.22. The number of halogens is 1. The molecule has 156 valence electrons. The Hall–Kier alpha value is -3.34. The summed E-state index contributed by atoms with van der Waals surface area (Å²) in [6, 6.07) is 22.8. The van der Waals surface area contributed by atoms with Crippen LogP contribution in [0.15, 0.2) is 78.9 Å². The van der Waals surface area contributed by atoms with Gasteiger partial charge in [-0.1, -0.05) is 56.3 Å². The Morgan fingerprint density at radius 3 is 2.10 bits per heavy atom. The topological polar surface area (TPSA) is 44.8 Å². The summed E-state index contributed by atoms with van der Waals surface area (Å²) in [5, 5.41) is 0. The van der Waals surface area contributed by atoms with Crippen molar-refractivity contribution in [3.05, 3.63) is 90.0 Å². The summed E-state index contributed by atoms with van der Waals surface area (Å²) in [5.74, 6) is 0.531. The number of methoxy groups -OCH3 is 1. The van der Waals surface area contributed by atoms with Crippen LogP contribution in [-0.2, 0) is 9.53 Å². The Morgan fingerprint density at radius 2 is 1.47 bits per heavy atom. The number of esters is 1. The van der Waals surface area contributed by atoms with Gasteiger partial charge in [0.2, 0.25) is 0 Å². The highest BCUT2D eigenvalue weighted by molar-refractivity contribution is 5.78. The third kappa shape index (κ3) is 5.38. The van der Waals surface area contributed by atoms with E-state index in [4.69, 9.17) is 14.2 Å². The molecule has 0 aliphatic rings. The molecule has 0 aliphatic carbocycles. The molecule has 3 aromatic rings. The first-order valence-corrected chi connectivity index (χ1v) is 9.79. The van der Waals surface area contributed by atoms with Gasteiger partial charge >= 0.3 is 5.97 Å². The Kier molecular flexibility index (Phi) is 7.07. The first-order valence-electron chi connectivity index (χ1n) is 9.79. The van der Waals surface area contributed by atoms with Crippen molar-refractivity contribution in [3.63, 3.8) is 0 Å². The van der Waals surface area contributed by atoms with E-state index in [2.05, 4.69) is 0 Å². The van der Waals surface area contributed by atoms with Crippen LogP contribution in [0.3, 0.4) is 0 Å². The zero-order valence-corrected chi connectivity index (χ0v) is 17.2. The molecule has 0 radical (unpaired) electrons. The molecule has 4 nitrogen and oxygen atoms in total. The number of para-hydroxylation sites is 1. The minimum Gasteiger partial charge on any atom is -0.497 e. The molecular formula is C25H25FO4.